The van der Waals surface area contributed by atoms with Crippen molar-refractivity contribution in [2.45, 2.75) is 17.6 Å². The minimum atomic E-state index is -3.58. The molecule has 2 rings (SSSR count). The van der Waals surface area contributed by atoms with E-state index < -0.39 is 10.0 Å². The lowest BCUT2D eigenvalue weighted by molar-refractivity contribution is 0.409. The SMILES string of the molecule is COc1ccccc1CCNS(=O)(=O)c1sc(Cl)nc1C. The number of aryl methyl sites for hydroxylation is 1. The van der Waals surface area contributed by atoms with Crippen molar-refractivity contribution in [3.8, 4) is 5.75 Å². The van der Waals surface area contributed by atoms with E-state index in [1.165, 1.54) is 0 Å². The van der Waals surface area contributed by atoms with Crippen LogP contribution < -0.4 is 9.46 Å². The summed E-state index contributed by atoms with van der Waals surface area (Å²) in [7, 11) is -1.99. The molecule has 0 unspecified atom stereocenters. The Labute approximate surface area is 133 Å². The van der Waals surface area contributed by atoms with Crippen LogP contribution in [0.1, 0.15) is 11.3 Å². The second-order valence-corrected chi connectivity index (χ2v) is 7.84. The highest BCUT2D eigenvalue weighted by Crippen LogP contribution is 2.26. The number of sulfonamides is 1. The Balaban J connectivity index is 2.04. The molecule has 21 heavy (non-hydrogen) atoms. The molecule has 1 aromatic heterocycles. The fraction of sp³-hybridized carbons (Fsp3) is 0.308. The molecule has 1 aromatic carbocycles. The normalized spacial score (nSPS) is 11.6. The van der Waals surface area contributed by atoms with E-state index in [0.717, 1.165) is 22.6 Å². The van der Waals surface area contributed by atoms with E-state index in [0.29, 0.717) is 12.1 Å². The minimum absolute atomic E-state index is 0.160. The second kappa shape index (κ2) is 6.74. The highest BCUT2D eigenvalue weighted by atomic mass is 35.5. The number of hydrogen-bond donors (Lipinski definition) is 1. The summed E-state index contributed by atoms with van der Waals surface area (Å²) < 4.78 is 32.5. The summed E-state index contributed by atoms with van der Waals surface area (Å²) >= 11 is 6.69. The van der Waals surface area contributed by atoms with Gasteiger partial charge in [0.05, 0.1) is 12.8 Å². The number of benzene rings is 1. The molecule has 1 N–H and O–H groups in total. The lowest BCUT2D eigenvalue weighted by Crippen LogP contribution is -2.26. The van der Waals surface area contributed by atoms with Crippen molar-refractivity contribution in [1.82, 2.24) is 9.71 Å². The average Bonchev–Trinajstić information content (AvgIpc) is 2.79. The van der Waals surface area contributed by atoms with Crippen molar-refractivity contribution in [3.63, 3.8) is 0 Å². The first-order valence-corrected chi connectivity index (χ1v) is 8.86. The van der Waals surface area contributed by atoms with Gasteiger partial charge in [0.2, 0.25) is 0 Å². The van der Waals surface area contributed by atoms with Crippen LogP contribution in [0.15, 0.2) is 28.5 Å². The van der Waals surface area contributed by atoms with Gasteiger partial charge in [0.15, 0.2) is 8.68 Å². The van der Waals surface area contributed by atoms with Crippen molar-refractivity contribution in [1.29, 1.82) is 0 Å². The largest absolute Gasteiger partial charge is 0.496 e. The van der Waals surface area contributed by atoms with Crippen molar-refractivity contribution in [2.75, 3.05) is 13.7 Å². The molecule has 0 bridgehead atoms. The highest BCUT2D eigenvalue weighted by molar-refractivity contribution is 7.91. The smallest absolute Gasteiger partial charge is 0.251 e. The van der Waals surface area contributed by atoms with Gasteiger partial charge in [-0.25, -0.2) is 18.1 Å². The van der Waals surface area contributed by atoms with E-state index >= 15 is 0 Å². The van der Waals surface area contributed by atoms with E-state index in [-0.39, 0.29) is 15.2 Å². The molecule has 0 saturated heterocycles. The van der Waals surface area contributed by atoms with Gasteiger partial charge in [0.25, 0.3) is 10.0 Å². The van der Waals surface area contributed by atoms with Gasteiger partial charge in [-0.15, -0.1) is 0 Å². The van der Waals surface area contributed by atoms with E-state index in [1.807, 2.05) is 24.3 Å². The zero-order valence-corrected chi connectivity index (χ0v) is 14.0. The van der Waals surface area contributed by atoms with Gasteiger partial charge < -0.3 is 4.74 Å². The van der Waals surface area contributed by atoms with Gasteiger partial charge >= 0.3 is 0 Å². The van der Waals surface area contributed by atoms with Crippen molar-refractivity contribution in [3.05, 3.63) is 40.0 Å². The zero-order valence-electron chi connectivity index (χ0n) is 11.6. The summed E-state index contributed by atoms with van der Waals surface area (Å²) in [6.45, 7) is 1.90. The number of halogens is 1. The molecule has 0 aliphatic heterocycles. The van der Waals surface area contributed by atoms with Crippen LogP contribution in [0, 0.1) is 6.92 Å². The Morgan fingerprint density at radius 2 is 2.10 bits per heavy atom. The van der Waals surface area contributed by atoms with Gasteiger partial charge in [-0.1, -0.05) is 41.1 Å². The number of para-hydroxylation sites is 1. The molecule has 0 spiro atoms. The van der Waals surface area contributed by atoms with Crippen LogP contribution in [0.4, 0.5) is 0 Å². The molecular weight excluding hydrogens is 332 g/mol. The van der Waals surface area contributed by atoms with Gasteiger partial charge in [-0.3, -0.25) is 0 Å². The first kappa shape index (κ1) is 16.2. The zero-order chi connectivity index (χ0) is 15.5. The van der Waals surface area contributed by atoms with E-state index in [4.69, 9.17) is 16.3 Å². The first-order chi connectivity index (χ1) is 9.94. The van der Waals surface area contributed by atoms with E-state index in [2.05, 4.69) is 9.71 Å². The summed E-state index contributed by atoms with van der Waals surface area (Å²) in [5, 5.41) is 0. The summed E-state index contributed by atoms with van der Waals surface area (Å²) in [6, 6.07) is 7.51. The Morgan fingerprint density at radius 3 is 2.71 bits per heavy atom. The second-order valence-electron chi connectivity index (χ2n) is 4.30. The summed E-state index contributed by atoms with van der Waals surface area (Å²) in [6.07, 6.45) is 0.537. The monoisotopic (exact) mass is 346 g/mol. The third kappa shape index (κ3) is 3.94. The Morgan fingerprint density at radius 1 is 1.38 bits per heavy atom. The molecule has 0 fully saturated rings. The summed E-state index contributed by atoms with van der Waals surface area (Å²) in [5.41, 5.74) is 1.36. The quantitative estimate of drug-likeness (QED) is 0.873. The lowest BCUT2D eigenvalue weighted by Gasteiger charge is -2.09. The highest BCUT2D eigenvalue weighted by Gasteiger charge is 2.20. The Hall–Kier alpha value is -1.15. The number of aromatic nitrogens is 1. The van der Waals surface area contributed by atoms with Crippen LogP contribution in [-0.4, -0.2) is 27.1 Å². The lowest BCUT2D eigenvalue weighted by atomic mass is 10.1. The van der Waals surface area contributed by atoms with Crippen LogP contribution in [0.5, 0.6) is 5.75 Å². The molecule has 1 heterocycles. The fourth-order valence-electron chi connectivity index (χ4n) is 1.90. The fourth-order valence-corrected chi connectivity index (χ4v) is 4.71. The van der Waals surface area contributed by atoms with Gasteiger partial charge in [-0.05, 0) is 25.0 Å². The third-order valence-electron chi connectivity index (χ3n) is 2.85. The number of methoxy groups -OCH3 is 1. The number of nitrogens with one attached hydrogen (secondary N) is 1. The maximum Gasteiger partial charge on any atom is 0.251 e. The summed E-state index contributed by atoms with van der Waals surface area (Å²) in [4.78, 5) is 3.92. The molecule has 114 valence electrons. The predicted octanol–water partition coefficient (Wildman–Crippen LogP) is 2.63. The Bertz CT molecular complexity index is 729. The number of thiazole rings is 1. The third-order valence-corrected chi connectivity index (χ3v) is 6.18. The molecule has 0 radical (unpaired) electrons. The van der Waals surface area contributed by atoms with Gasteiger partial charge in [0, 0.05) is 6.54 Å². The average molecular weight is 347 g/mol. The van der Waals surface area contributed by atoms with E-state index in [1.54, 1.807) is 14.0 Å². The van der Waals surface area contributed by atoms with Crippen LogP contribution in [0.2, 0.25) is 4.47 Å². The van der Waals surface area contributed by atoms with Crippen LogP contribution in [0.3, 0.4) is 0 Å². The van der Waals surface area contributed by atoms with E-state index in [9.17, 15) is 8.42 Å². The van der Waals surface area contributed by atoms with Gasteiger partial charge in [0.1, 0.15) is 5.75 Å². The standard InChI is InChI=1S/C13H15ClN2O3S2/c1-9-12(20-13(14)16-9)21(17,18)15-8-7-10-5-3-4-6-11(10)19-2/h3-6,15H,7-8H2,1-2H3. The molecule has 2 aromatic rings. The molecule has 0 atom stereocenters. The van der Waals surface area contributed by atoms with Crippen LogP contribution in [-0.2, 0) is 16.4 Å². The van der Waals surface area contributed by atoms with Crippen molar-refractivity contribution >= 4 is 33.0 Å². The maximum atomic E-state index is 12.2. The number of hydrogen-bond acceptors (Lipinski definition) is 5. The molecule has 8 heteroatoms. The first-order valence-electron chi connectivity index (χ1n) is 6.18. The molecule has 0 amide bonds. The van der Waals surface area contributed by atoms with Crippen molar-refractivity contribution < 1.29 is 13.2 Å². The number of rotatable bonds is 6. The molecule has 5 nitrogen and oxygen atoms in total. The van der Waals surface area contributed by atoms with Gasteiger partial charge in [-0.2, -0.15) is 0 Å². The maximum absolute atomic E-state index is 12.2. The molecule has 0 aliphatic carbocycles. The van der Waals surface area contributed by atoms with Crippen molar-refractivity contribution in [2.24, 2.45) is 0 Å². The Kier molecular flexibility index (Phi) is 5.21. The number of ether oxygens (including phenoxy) is 1. The minimum Gasteiger partial charge on any atom is -0.496 e. The molecular formula is C13H15ClN2O3S2. The number of nitrogens with zero attached hydrogens (tertiary/aromatic N) is 1. The topological polar surface area (TPSA) is 68.3 Å². The molecule has 0 aliphatic rings. The van der Waals surface area contributed by atoms with Crippen LogP contribution in [0.25, 0.3) is 0 Å². The van der Waals surface area contributed by atoms with Crippen LogP contribution >= 0.6 is 22.9 Å². The summed E-state index contributed by atoms with van der Waals surface area (Å²) in [5.74, 6) is 0.744. The predicted molar refractivity (Wildman–Crippen MR) is 83.7 cm³/mol. The molecule has 0 saturated carbocycles.